The van der Waals surface area contributed by atoms with Crippen molar-refractivity contribution in [3.63, 3.8) is 0 Å². The van der Waals surface area contributed by atoms with Gasteiger partial charge in [0.25, 0.3) is 0 Å². The molecule has 2 nitrogen and oxygen atoms in total. The van der Waals surface area contributed by atoms with Crippen LogP contribution in [0.5, 0.6) is 0 Å². The van der Waals surface area contributed by atoms with E-state index in [1.807, 2.05) is 0 Å². The molecule has 94 valence electrons. The molecule has 5 heteroatoms. The second kappa shape index (κ2) is 5.70. The number of benzene rings is 1. The van der Waals surface area contributed by atoms with Crippen LogP contribution in [0, 0.1) is 5.92 Å². The Morgan fingerprint density at radius 2 is 1.88 bits per heavy atom. The molecule has 0 unspecified atom stereocenters. The maximum absolute atomic E-state index is 12.2. The third-order valence-electron chi connectivity index (χ3n) is 2.27. The van der Waals surface area contributed by atoms with Gasteiger partial charge in [0, 0.05) is 0 Å². The highest BCUT2D eigenvalue weighted by Crippen LogP contribution is 2.28. The summed E-state index contributed by atoms with van der Waals surface area (Å²) in [5.41, 5.74) is 0.750. The Bertz CT molecular complexity index is 360. The summed E-state index contributed by atoms with van der Waals surface area (Å²) in [6.45, 7) is 0.966. The van der Waals surface area contributed by atoms with E-state index in [9.17, 15) is 18.0 Å². The van der Waals surface area contributed by atoms with Crippen molar-refractivity contribution in [1.82, 2.24) is 0 Å². The van der Waals surface area contributed by atoms with E-state index < -0.39 is 24.5 Å². The molecule has 0 N–H and O–H groups in total. The first-order valence-corrected chi connectivity index (χ1v) is 5.16. The third-order valence-corrected chi connectivity index (χ3v) is 2.27. The van der Waals surface area contributed by atoms with Crippen LogP contribution in [0.15, 0.2) is 30.3 Å². The van der Waals surface area contributed by atoms with Crippen molar-refractivity contribution in [1.29, 1.82) is 0 Å². The minimum Gasteiger partial charge on any atom is -0.461 e. The van der Waals surface area contributed by atoms with Crippen molar-refractivity contribution in [2.75, 3.05) is 0 Å². The van der Waals surface area contributed by atoms with Crippen LogP contribution in [0.3, 0.4) is 0 Å². The highest BCUT2D eigenvalue weighted by molar-refractivity contribution is 5.69. The van der Waals surface area contributed by atoms with Crippen molar-refractivity contribution in [2.24, 2.45) is 5.92 Å². The van der Waals surface area contributed by atoms with Gasteiger partial charge in [-0.05, 0) is 5.56 Å². The summed E-state index contributed by atoms with van der Waals surface area (Å²) in [4.78, 5) is 11.2. The van der Waals surface area contributed by atoms with Gasteiger partial charge in [-0.2, -0.15) is 13.2 Å². The first-order valence-electron chi connectivity index (χ1n) is 5.16. The first kappa shape index (κ1) is 13.5. The summed E-state index contributed by atoms with van der Waals surface area (Å²) < 4.78 is 41.2. The third kappa shape index (κ3) is 4.89. The number of rotatable bonds is 4. The van der Waals surface area contributed by atoms with Crippen molar-refractivity contribution >= 4 is 5.97 Å². The molecular formula is C12H13F3O2. The molecule has 0 saturated carbocycles. The van der Waals surface area contributed by atoms with E-state index in [-0.39, 0.29) is 6.61 Å². The van der Waals surface area contributed by atoms with Crippen molar-refractivity contribution in [2.45, 2.75) is 26.1 Å². The fraction of sp³-hybridized carbons (Fsp3) is 0.417. The number of esters is 1. The molecule has 0 aliphatic carbocycles. The summed E-state index contributed by atoms with van der Waals surface area (Å²) in [6, 6.07) is 8.81. The number of hydrogen-bond acceptors (Lipinski definition) is 2. The molecular weight excluding hydrogens is 233 g/mol. The molecule has 0 aliphatic heterocycles. The van der Waals surface area contributed by atoms with Crippen LogP contribution in [0.2, 0.25) is 0 Å². The van der Waals surface area contributed by atoms with Gasteiger partial charge in [-0.3, -0.25) is 4.79 Å². The Labute approximate surface area is 97.4 Å². The zero-order valence-electron chi connectivity index (χ0n) is 9.33. The molecule has 1 aromatic carbocycles. The van der Waals surface area contributed by atoms with E-state index in [1.165, 1.54) is 0 Å². The Balaban J connectivity index is 2.36. The predicted octanol–water partition coefficient (Wildman–Crippen LogP) is 3.32. The largest absolute Gasteiger partial charge is 0.461 e. The lowest BCUT2D eigenvalue weighted by Crippen LogP contribution is -2.23. The second-order valence-corrected chi connectivity index (χ2v) is 3.79. The highest BCUT2D eigenvalue weighted by Gasteiger charge is 2.37. The van der Waals surface area contributed by atoms with Crippen molar-refractivity contribution in [3.8, 4) is 0 Å². The summed E-state index contributed by atoms with van der Waals surface area (Å²) in [5, 5.41) is 0. The number of carbonyl (C=O) groups is 1. The van der Waals surface area contributed by atoms with Crippen LogP contribution < -0.4 is 0 Å². The fourth-order valence-electron chi connectivity index (χ4n) is 1.16. The van der Waals surface area contributed by atoms with E-state index >= 15 is 0 Å². The lowest BCUT2D eigenvalue weighted by Gasteiger charge is -2.14. The van der Waals surface area contributed by atoms with Gasteiger partial charge >= 0.3 is 12.1 Å². The molecule has 1 aromatic rings. The van der Waals surface area contributed by atoms with Gasteiger partial charge in [0.15, 0.2) is 0 Å². The number of alkyl halides is 3. The van der Waals surface area contributed by atoms with E-state index in [1.54, 1.807) is 30.3 Å². The first-order chi connectivity index (χ1) is 7.89. The number of halogens is 3. The van der Waals surface area contributed by atoms with Crippen molar-refractivity contribution < 1.29 is 22.7 Å². The molecule has 0 heterocycles. The molecule has 0 aromatic heterocycles. The van der Waals surface area contributed by atoms with Crippen LogP contribution >= 0.6 is 0 Å². The van der Waals surface area contributed by atoms with Crippen molar-refractivity contribution in [3.05, 3.63) is 35.9 Å². The summed E-state index contributed by atoms with van der Waals surface area (Å²) >= 11 is 0. The topological polar surface area (TPSA) is 26.3 Å². The van der Waals surface area contributed by atoms with E-state index in [0.29, 0.717) is 0 Å². The van der Waals surface area contributed by atoms with Crippen LogP contribution in [0.25, 0.3) is 0 Å². The average Bonchev–Trinajstić information content (AvgIpc) is 2.26. The van der Waals surface area contributed by atoms with Crippen LogP contribution in [-0.2, 0) is 16.1 Å². The molecule has 0 fully saturated rings. The smallest absolute Gasteiger partial charge is 0.392 e. The zero-order chi connectivity index (χ0) is 12.9. The van der Waals surface area contributed by atoms with Gasteiger partial charge in [0.05, 0.1) is 12.3 Å². The molecule has 0 saturated heterocycles. The number of hydrogen-bond donors (Lipinski definition) is 0. The van der Waals surface area contributed by atoms with Gasteiger partial charge in [0.1, 0.15) is 6.61 Å². The molecule has 1 rings (SSSR count). The monoisotopic (exact) mass is 246 g/mol. The summed E-state index contributed by atoms with van der Waals surface area (Å²) in [7, 11) is 0. The Morgan fingerprint density at radius 1 is 1.29 bits per heavy atom. The normalized spacial score (nSPS) is 13.2. The van der Waals surface area contributed by atoms with Gasteiger partial charge in [0.2, 0.25) is 0 Å². The van der Waals surface area contributed by atoms with Crippen LogP contribution in [-0.4, -0.2) is 12.1 Å². The van der Waals surface area contributed by atoms with Gasteiger partial charge < -0.3 is 4.74 Å². The van der Waals surface area contributed by atoms with E-state index in [0.717, 1.165) is 12.5 Å². The number of carbonyl (C=O) groups excluding carboxylic acids is 1. The predicted molar refractivity (Wildman–Crippen MR) is 56.1 cm³/mol. The second-order valence-electron chi connectivity index (χ2n) is 3.79. The molecule has 0 spiro atoms. The van der Waals surface area contributed by atoms with Gasteiger partial charge in [-0.1, -0.05) is 37.3 Å². The highest BCUT2D eigenvalue weighted by atomic mass is 19.4. The molecule has 1 atom stereocenters. The molecule has 0 aliphatic rings. The summed E-state index contributed by atoms with van der Waals surface area (Å²) in [6.07, 6.45) is -5.00. The Hall–Kier alpha value is -1.52. The number of ether oxygens (including phenoxy) is 1. The van der Waals surface area contributed by atoms with E-state index in [4.69, 9.17) is 4.74 Å². The maximum Gasteiger partial charge on any atom is 0.392 e. The SMILES string of the molecule is C[C@H](CC(=O)OCc1ccccc1)C(F)(F)F. The quantitative estimate of drug-likeness (QED) is 0.762. The maximum atomic E-state index is 12.2. The molecule has 0 radical (unpaired) electrons. The van der Waals surface area contributed by atoms with Gasteiger partial charge in [-0.25, -0.2) is 0 Å². The Kier molecular flexibility index (Phi) is 4.54. The van der Waals surface area contributed by atoms with Crippen LogP contribution in [0.1, 0.15) is 18.9 Å². The molecule has 0 amide bonds. The van der Waals surface area contributed by atoms with Gasteiger partial charge in [-0.15, -0.1) is 0 Å². The lowest BCUT2D eigenvalue weighted by molar-refractivity contribution is -0.180. The molecule has 17 heavy (non-hydrogen) atoms. The minimum absolute atomic E-state index is 0.00422. The fourth-order valence-corrected chi connectivity index (χ4v) is 1.16. The average molecular weight is 246 g/mol. The Morgan fingerprint density at radius 3 is 2.41 bits per heavy atom. The van der Waals surface area contributed by atoms with E-state index in [2.05, 4.69) is 0 Å². The van der Waals surface area contributed by atoms with Crippen LogP contribution in [0.4, 0.5) is 13.2 Å². The zero-order valence-corrected chi connectivity index (χ0v) is 9.33. The summed E-state index contributed by atoms with van der Waals surface area (Å²) in [5.74, 6) is -2.51. The standard InChI is InChI=1S/C12H13F3O2/c1-9(12(13,14)15)7-11(16)17-8-10-5-3-2-4-6-10/h2-6,9H,7-8H2,1H3/t9-/m1/s1. The molecule has 0 bridgehead atoms. The lowest BCUT2D eigenvalue weighted by atomic mass is 10.1. The minimum atomic E-state index is -4.36.